The van der Waals surface area contributed by atoms with Crippen LogP contribution >= 0.6 is 22.9 Å². The summed E-state index contributed by atoms with van der Waals surface area (Å²) in [6.45, 7) is -0.661. The number of fused-ring (bicyclic) bond motifs is 3. The minimum absolute atomic E-state index is 0.101. The Balaban J connectivity index is 1.31. The van der Waals surface area contributed by atoms with Crippen molar-refractivity contribution in [2.45, 2.75) is 69.4 Å². The van der Waals surface area contributed by atoms with E-state index in [1.54, 1.807) is 11.6 Å². The molecule has 0 spiro atoms. The second-order valence-corrected chi connectivity index (χ2v) is 14.6. The van der Waals surface area contributed by atoms with Crippen LogP contribution in [0.3, 0.4) is 0 Å². The van der Waals surface area contributed by atoms with E-state index in [1.807, 2.05) is 11.8 Å². The molecule has 4 aliphatic rings. The molecule has 16 heteroatoms. The van der Waals surface area contributed by atoms with Gasteiger partial charge in [-0.05, 0) is 43.4 Å². The molecule has 3 saturated heterocycles. The Hall–Kier alpha value is -2.82. The SMILES string of the molecule is C[C@H]1CC2C[C@@H](O)CC1N2S(=O)(=O)N[C@H]1CC2=C(c3ccn(C(F)F)n3)[C@H](c3ccc(F)cc3Cl)N=C(c3nccs3)N2C1. The fraction of sp³-hybridized carbons (Fsp3) is 0.464. The van der Waals surface area contributed by atoms with E-state index in [4.69, 9.17) is 16.6 Å². The number of rotatable bonds is 7. The third-order valence-electron chi connectivity index (χ3n) is 8.86. The van der Waals surface area contributed by atoms with Crippen molar-refractivity contribution in [3.8, 4) is 0 Å². The van der Waals surface area contributed by atoms with Crippen LogP contribution in [0, 0.1) is 11.7 Å². The van der Waals surface area contributed by atoms with Crippen molar-refractivity contribution in [1.82, 2.24) is 28.7 Å². The number of aromatic nitrogens is 3. The van der Waals surface area contributed by atoms with Gasteiger partial charge in [0.15, 0.2) is 10.8 Å². The van der Waals surface area contributed by atoms with Crippen LogP contribution in [0.2, 0.25) is 5.02 Å². The Morgan fingerprint density at radius 3 is 2.70 bits per heavy atom. The molecule has 2 N–H and O–H groups in total. The second kappa shape index (κ2) is 11.2. The number of nitrogens with zero attached hydrogens (tertiary/aromatic N) is 6. The van der Waals surface area contributed by atoms with Crippen LogP contribution in [0.5, 0.6) is 0 Å². The van der Waals surface area contributed by atoms with Crippen molar-refractivity contribution in [3.05, 3.63) is 74.8 Å². The molecule has 3 aromatic rings. The van der Waals surface area contributed by atoms with Crippen LogP contribution in [-0.2, 0) is 10.2 Å². The number of benzene rings is 1. The quantitative estimate of drug-likeness (QED) is 0.381. The minimum Gasteiger partial charge on any atom is -0.393 e. The molecule has 2 unspecified atom stereocenters. The summed E-state index contributed by atoms with van der Waals surface area (Å²) in [7, 11) is -3.95. The molecular weight excluding hydrogens is 639 g/mol. The summed E-state index contributed by atoms with van der Waals surface area (Å²) < 4.78 is 74.0. The van der Waals surface area contributed by atoms with Gasteiger partial charge in [0.2, 0.25) is 0 Å². The molecule has 0 amide bonds. The highest BCUT2D eigenvalue weighted by atomic mass is 35.5. The van der Waals surface area contributed by atoms with Crippen molar-refractivity contribution < 1.29 is 26.7 Å². The Morgan fingerprint density at radius 1 is 1.20 bits per heavy atom. The highest BCUT2D eigenvalue weighted by Crippen LogP contribution is 2.47. The van der Waals surface area contributed by atoms with Gasteiger partial charge in [-0.25, -0.2) is 14.1 Å². The standard InChI is InChI=1S/C28H29ClF3N7O3S2/c1-14-8-17-11-18(40)12-22(14)39(17)44(41,42)36-16-10-23-24(21-4-6-38(35-21)28(31)32)25(19-3-2-15(30)9-20(19)29)34-26(37(23)13-16)27-33-5-7-43-27/h2-7,9,14,16-18,22,25,28,36,40H,8,10-13H2,1H3/t14-,16-,17?,18+,22?,25-/m0/s1. The predicted molar refractivity (Wildman–Crippen MR) is 159 cm³/mol. The molecule has 234 valence electrons. The Bertz CT molecular complexity index is 1750. The summed E-state index contributed by atoms with van der Waals surface area (Å²) in [4.78, 5) is 11.3. The summed E-state index contributed by atoms with van der Waals surface area (Å²) in [6, 6.07) is 3.34. The first kappa shape index (κ1) is 29.9. The lowest BCUT2D eigenvalue weighted by Gasteiger charge is -2.37. The van der Waals surface area contributed by atoms with Gasteiger partial charge in [-0.2, -0.15) is 31.3 Å². The monoisotopic (exact) mass is 667 g/mol. The summed E-state index contributed by atoms with van der Waals surface area (Å²) in [5.41, 5.74) is 1.76. The fourth-order valence-electron chi connectivity index (χ4n) is 7.12. The van der Waals surface area contributed by atoms with E-state index in [0.717, 1.165) is 6.20 Å². The van der Waals surface area contributed by atoms with Crippen molar-refractivity contribution in [1.29, 1.82) is 0 Å². The normalized spacial score (nSPS) is 29.1. The molecule has 4 aliphatic heterocycles. The van der Waals surface area contributed by atoms with E-state index in [0.29, 0.717) is 51.6 Å². The average Bonchev–Trinajstić information content (AvgIpc) is 3.75. The molecule has 6 heterocycles. The number of aliphatic hydroxyl groups excluding tert-OH is 1. The molecular formula is C28H29ClF3N7O3S2. The van der Waals surface area contributed by atoms with Crippen molar-refractivity contribution in [2.24, 2.45) is 10.9 Å². The molecule has 0 saturated carbocycles. The molecule has 3 fully saturated rings. The number of amidine groups is 1. The van der Waals surface area contributed by atoms with Crippen molar-refractivity contribution in [2.75, 3.05) is 6.54 Å². The summed E-state index contributed by atoms with van der Waals surface area (Å²) in [5.74, 6) is 0.0435. The van der Waals surface area contributed by atoms with Gasteiger partial charge < -0.3 is 10.0 Å². The third-order valence-corrected chi connectivity index (χ3v) is 11.7. The van der Waals surface area contributed by atoms with Crippen LogP contribution in [0.1, 0.15) is 61.5 Å². The van der Waals surface area contributed by atoms with Gasteiger partial charge in [-0.15, -0.1) is 11.3 Å². The molecule has 6 atom stereocenters. The van der Waals surface area contributed by atoms with Gasteiger partial charge in [-0.3, -0.25) is 4.99 Å². The maximum absolute atomic E-state index is 14.1. The molecule has 2 aromatic heterocycles. The van der Waals surface area contributed by atoms with Gasteiger partial charge in [-0.1, -0.05) is 24.6 Å². The molecule has 1 aromatic carbocycles. The molecule has 2 bridgehead atoms. The zero-order chi connectivity index (χ0) is 30.9. The summed E-state index contributed by atoms with van der Waals surface area (Å²) >= 11 is 7.87. The second-order valence-electron chi connectivity index (χ2n) is 11.7. The Labute approximate surface area is 261 Å². The number of aliphatic hydroxyl groups is 1. The van der Waals surface area contributed by atoms with Gasteiger partial charge in [0.1, 0.15) is 11.9 Å². The number of hydrogen-bond acceptors (Lipinski definition) is 8. The van der Waals surface area contributed by atoms with E-state index in [9.17, 15) is 26.7 Å². The maximum Gasteiger partial charge on any atom is 0.333 e. The molecule has 7 rings (SSSR count). The average molecular weight is 668 g/mol. The van der Waals surface area contributed by atoms with E-state index in [-0.39, 0.29) is 41.7 Å². The first-order chi connectivity index (χ1) is 21.0. The van der Waals surface area contributed by atoms with Crippen LogP contribution in [0.15, 0.2) is 52.7 Å². The fourth-order valence-corrected chi connectivity index (χ4v) is 9.94. The maximum atomic E-state index is 14.1. The van der Waals surface area contributed by atoms with Crippen molar-refractivity contribution >= 4 is 44.6 Å². The minimum atomic E-state index is -3.95. The first-order valence-corrected chi connectivity index (χ1v) is 17.0. The van der Waals surface area contributed by atoms with E-state index < -0.39 is 40.8 Å². The van der Waals surface area contributed by atoms with Crippen LogP contribution in [0.25, 0.3) is 5.57 Å². The first-order valence-electron chi connectivity index (χ1n) is 14.3. The highest BCUT2D eigenvalue weighted by molar-refractivity contribution is 7.87. The summed E-state index contributed by atoms with van der Waals surface area (Å²) in [5, 5.41) is 16.9. The van der Waals surface area contributed by atoms with Crippen molar-refractivity contribution in [3.63, 3.8) is 0 Å². The van der Waals surface area contributed by atoms with Gasteiger partial charge in [0, 0.05) is 70.7 Å². The van der Waals surface area contributed by atoms with E-state index >= 15 is 0 Å². The topological polar surface area (TPSA) is 116 Å². The Kier molecular flexibility index (Phi) is 7.61. The molecule has 0 aliphatic carbocycles. The largest absolute Gasteiger partial charge is 0.393 e. The smallest absolute Gasteiger partial charge is 0.333 e. The van der Waals surface area contributed by atoms with Gasteiger partial charge in [0.05, 0.1) is 11.8 Å². The van der Waals surface area contributed by atoms with Crippen LogP contribution in [-0.4, -0.2) is 74.1 Å². The van der Waals surface area contributed by atoms with Crippen LogP contribution in [0.4, 0.5) is 13.2 Å². The summed E-state index contributed by atoms with van der Waals surface area (Å²) in [6.07, 6.45) is 3.93. The van der Waals surface area contributed by atoms with Crippen LogP contribution < -0.4 is 4.72 Å². The lowest BCUT2D eigenvalue weighted by Crippen LogP contribution is -2.55. The lowest BCUT2D eigenvalue weighted by molar-refractivity contribution is 0.0564. The third kappa shape index (κ3) is 5.16. The lowest BCUT2D eigenvalue weighted by atomic mass is 9.92. The number of hydrogen-bond donors (Lipinski definition) is 2. The van der Waals surface area contributed by atoms with Gasteiger partial charge >= 0.3 is 6.55 Å². The predicted octanol–water partition coefficient (Wildman–Crippen LogP) is 4.58. The molecule has 10 nitrogen and oxygen atoms in total. The zero-order valence-electron chi connectivity index (χ0n) is 23.4. The Morgan fingerprint density at radius 2 is 2.02 bits per heavy atom. The van der Waals surface area contributed by atoms with E-state index in [2.05, 4.69) is 14.8 Å². The number of aliphatic imine (C=N–C) groups is 1. The highest BCUT2D eigenvalue weighted by Gasteiger charge is 2.51. The number of thiazole rings is 1. The molecule has 0 radical (unpaired) electrons. The van der Waals surface area contributed by atoms with E-state index in [1.165, 1.54) is 39.9 Å². The number of piperidine rings is 1. The zero-order valence-corrected chi connectivity index (χ0v) is 25.8. The number of alkyl halides is 2. The molecule has 44 heavy (non-hydrogen) atoms. The van der Waals surface area contributed by atoms with Gasteiger partial charge in [0.25, 0.3) is 10.2 Å². The number of halogens is 4. The number of nitrogens with one attached hydrogen (secondary N) is 1.